The number of ketones is 5. The molecule has 40 atom stereocenters. The Balaban J connectivity index is 0.000000108. The molecule has 0 aliphatic heterocycles. The Morgan fingerprint density at radius 2 is 0.642 bits per heavy atom. The molecule has 5 aromatic heterocycles. The van der Waals surface area contributed by atoms with Crippen LogP contribution in [0.3, 0.4) is 0 Å². The fraction of sp³-hybridized carbons (Fsp3) is 0.836. The summed E-state index contributed by atoms with van der Waals surface area (Å²) in [7, 11) is 1.70. The van der Waals surface area contributed by atoms with Crippen LogP contribution >= 0.6 is 11.3 Å². The highest BCUT2D eigenvalue weighted by Gasteiger charge is 2.68. The first-order valence-corrected chi connectivity index (χ1v) is 60.1. The van der Waals surface area contributed by atoms with E-state index in [1.807, 2.05) is 12.3 Å². The Kier molecular flexibility index (Phi) is 30.8. The normalized spacial score (nSPS) is 46.0. The van der Waals surface area contributed by atoms with E-state index in [1.54, 1.807) is 68.2 Å². The number of thiazole rings is 1. The number of carbonyl (C=O) groups excluding carboxylic acids is 5. The maximum Gasteiger partial charge on any atom is 0.417 e. The Bertz CT molecular complexity index is 5350. The SMILES string of the molecule is CC[C@@]1(O)CC[C@H]2[C@H](CC[C@@H]3[C@@H]2CC[C@]2(C)[C@@H](C(=O)Cc4ncco4)CC[C@@H]32)C1.COC[C@@]1(O)CC[C@H]2[C@H](CC[C@@H]3[C@@H]2CC[C@]2(C)[C@@H](C(=O)Cc4ncco4)CC[C@@H]32)C1.C[C@@]1(O)CC[C@H]2[C@H](CC[C@@H]3[C@@H]2CC[C@]2(C)[C@@H](C(=O)Cc4ncco4)CC[C@@H]32)C1.C[C@]12CC[C@H]3[C@@H](CC[C@@H]4C[C@@](O)(C(F)(F)F)CC[C@@H]43)[C@@H]1CC[C@@H]2C(=O)Cc1ncco1.C[C@]12CC[C@H]3[C@@H](CC[C@@H]4C[C@@](O)(C(F)F)CC[C@@H]43)[C@@H]1CC[C@@H]2C(=O)Cc1nccs1. The molecule has 0 spiro atoms. The molecule has 20 aliphatic carbocycles. The number of oxazole rings is 4. The van der Waals surface area contributed by atoms with E-state index in [9.17, 15) is 71.5 Å². The molecule has 0 saturated heterocycles. The van der Waals surface area contributed by atoms with E-state index < -0.39 is 40.6 Å². The lowest BCUT2D eigenvalue weighted by atomic mass is 9.48. The van der Waals surface area contributed by atoms with E-state index in [-0.39, 0.29) is 112 Å². The van der Waals surface area contributed by atoms with E-state index in [0.29, 0.717) is 151 Å². The van der Waals surface area contributed by atoms with Gasteiger partial charge in [-0.15, -0.1) is 11.3 Å². The van der Waals surface area contributed by atoms with Crippen molar-refractivity contribution in [3.05, 3.63) is 90.0 Å². The average Bonchev–Trinajstić information content (AvgIpc) is 1.74. The maximum atomic E-state index is 13.4. The summed E-state index contributed by atoms with van der Waals surface area (Å²) < 4.78 is 93.6. The zero-order chi connectivity index (χ0) is 104. The summed E-state index contributed by atoms with van der Waals surface area (Å²) >= 11 is 1.56. The quantitative estimate of drug-likeness (QED) is 0.0480. The van der Waals surface area contributed by atoms with Crippen molar-refractivity contribution in [3.8, 4) is 0 Å². The Labute approximate surface area is 878 Å². The molecule has 0 aromatic carbocycles. The number of methoxy groups -OCH3 is 1. The van der Waals surface area contributed by atoms with Crippen LogP contribution in [0, 0.1) is 205 Å². The summed E-state index contributed by atoms with van der Waals surface area (Å²) in [5, 5.41) is 55.8. The number of alkyl halides is 5. The van der Waals surface area contributed by atoms with Crippen molar-refractivity contribution in [1.82, 2.24) is 24.9 Å². The molecule has 5 aromatic rings. The summed E-state index contributed by atoms with van der Waals surface area (Å²) in [6, 6.07) is 0. The third-order valence-corrected chi connectivity index (χ3v) is 49.3. The minimum absolute atomic E-state index is 0.0183. The van der Waals surface area contributed by atoms with Crippen molar-refractivity contribution >= 4 is 40.3 Å². The largest absolute Gasteiger partial charge is 0.449 e. The van der Waals surface area contributed by atoms with Crippen LogP contribution < -0.4 is 0 Å². The van der Waals surface area contributed by atoms with E-state index in [4.69, 9.17) is 22.4 Å². The van der Waals surface area contributed by atoms with Crippen molar-refractivity contribution in [2.24, 2.45) is 205 Å². The number of Topliss-reactive ketones (excluding diaryl/α,β-unsaturated/α-hetero) is 5. The fourth-order valence-electron chi connectivity index (χ4n) is 41.7. The van der Waals surface area contributed by atoms with Crippen molar-refractivity contribution < 1.29 is 93.9 Å². The summed E-state index contributed by atoms with van der Waals surface area (Å²) in [5.41, 5.74) is -5.20. The molecule has 148 heavy (non-hydrogen) atoms. The molecule has 0 bridgehead atoms. The van der Waals surface area contributed by atoms with Gasteiger partial charge < -0.3 is 47.9 Å². The Morgan fingerprint density at radius 3 is 0.953 bits per heavy atom. The zero-order valence-electron chi connectivity index (χ0n) is 89.8. The lowest BCUT2D eigenvalue weighted by Crippen LogP contribution is -2.55. The lowest BCUT2D eigenvalue weighted by molar-refractivity contribution is -0.282. The van der Waals surface area contributed by atoms with Gasteiger partial charge in [0.2, 0.25) is 23.6 Å². The monoisotopic (exact) mass is 2080 g/mol. The van der Waals surface area contributed by atoms with Gasteiger partial charge in [-0.1, -0.05) is 41.5 Å². The van der Waals surface area contributed by atoms with Crippen molar-refractivity contribution in [1.29, 1.82) is 0 Å². The number of rotatable bonds is 19. The standard InChI is InChI=1S/C25H37NO4.C25H37NO3.C24H32F3NO3.C24H33F2NO2S.C24H35NO3/c1-24-9-7-18-17-8-10-25(28,15-29-2)14-16(17)3-4-19(18)20(24)5-6-21(24)22(27)13-23-26-11-12-30-23;1-3-25(28)11-9-17-16(15-25)4-5-19-18(17)8-10-24(2)20(19)6-7-21(24)22(27)14-23-26-12-13-29-23;1-22-8-6-16-15-7-9-23(30,24(25,26)27)13-14(15)2-3-17(16)18(22)4-5-19(22)20(29)12-21-28-10-11-31-21;1-23-8-6-16-15-7-9-24(29,22(25)26)13-14(15)2-3-17(16)18(23)4-5-19(23)20(28)12-21-27-10-11-30-21;1-23(27)9-7-16-15(14-23)3-4-18-17(16)8-10-24(2)19(18)5-6-20(24)21(26)13-22-25-11-12-28-22/h11-12,16-21,28H,3-10,13-15H2,1-2H3;12-13,16-21,28H,3-11,14-15H2,1-2H3;10-11,14-19,30H,2-9,12-13H2,1H3;10-11,14-19,22,29H,2-9,12-13H2,1H3;11-12,15-20,27H,3-10,13-14H2,1-2H3/t2*16-,17+,18-,19-,20+,21-,24+,25-;14-,15+,16-,17-,18+,19-,22+,23-;14-,15+,16-,17-,18+,19-,23+,24-;15-,16+,17-,18-,19+,20-,23-,24+/m11111/s1. The summed E-state index contributed by atoms with van der Waals surface area (Å²) in [4.78, 5) is 86.6. The van der Waals surface area contributed by atoms with Gasteiger partial charge in [-0.25, -0.2) is 33.7 Å². The minimum atomic E-state index is -4.54. The smallest absolute Gasteiger partial charge is 0.417 e. The van der Waals surface area contributed by atoms with Crippen molar-refractivity contribution in [2.75, 3.05) is 13.7 Å². The van der Waals surface area contributed by atoms with Crippen LogP contribution in [0.5, 0.6) is 0 Å². The van der Waals surface area contributed by atoms with E-state index in [2.05, 4.69) is 66.5 Å². The van der Waals surface area contributed by atoms with Gasteiger partial charge in [0.05, 0.1) is 85.3 Å². The van der Waals surface area contributed by atoms with Crippen LogP contribution in [0.25, 0.3) is 0 Å². The molecule has 20 nitrogen and oxygen atoms in total. The van der Waals surface area contributed by atoms with Gasteiger partial charge in [0.15, 0.2) is 5.60 Å². The predicted molar refractivity (Wildman–Crippen MR) is 549 cm³/mol. The molecule has 26 heteroatoms. The molecular formula is C122H174F5N5O15S. The van der Waals surface area contributed by atoms with Crippen LogP contribution in [0.1, 0.15) is 372 Å². The Morgan fingerprint density at radius 1 is 0.345 bits per heavy atom. The van der Waals surface area contributed by atoms with Gasteiger partial charge >= 0.3 is 6.18 Å². The second-order valence-electron chi connectivity index (χ2n) is 54.8. The third kappa shape index (κ3) is 20.3. The van der Waals surface area contributed by atoms with Gasteiger partial charge in [-0.2, -0.15) is 13.2 Å². The molecule has 20 aliphatic rings. The number of halogens is 5. The van der Waals surface area contributed by atoms with Crippen molar-refractivity contribution in [2.45, 2.75) is 417 Å². The number of ether oxygens (including phenoxy) is 1. The molecular weight excluding hydrogens is 1900 g/mol. The molecule has 818 valence electrons. The zero-order valence-corrected chi connectivity index (χ0v) is 90.6. The summed E-state index contributed by atoms with van der Waals surface area (Å²) in [6.45, 7) is 16.5. The maximum absolute atomic E-state index is 13.4. The van der Waals surface area contributed by atoms with E-state index >= 15 is 0 Å². The number of nitrogens with zero attached hydrogens (tertiary/aromatic N) is 5. The topological polar surface area (TPSA) is 313 Å². The molecule has 5 heterocycles. The number of carbonyl (C=O) groups is 5. The average molecular weight is 2080 g/mol. The predicted octanol–water partition coefficient (Wildman–Crippen LogP) is 25.3. The van der Waals surface area contributed by atoms with Gasteiger partial charge in [-0.3, -0.25) is 24.0 Å². The van der Waals surface area contributed by atoms with Gasteiger partial charge in [0.1, 0.15) is 59.6 Å². The first-order chi connectivity index (χ1) is 70.7. The van der Waals surface area contributed by atoms with Crippen LogP contribution in [0.2, 0.25) is 0 Å². The first-order valence-electron chi connectivity index (χ1n) is 59.2. The number of aliphatic hydroxyl groups is 5. The van der Waals surface area contributed by atoms with Crippen LogP contribution in [-0.2, 0) is 60.8 Å². The van der Waals surface area contributed by atoms with Crippen LogP contribution in [-0.4, -0.2) is 134 Å². The second kappa shape index (κ2) is 42.3. The summed E-state index contributed by atoms with van der Waals surface area (Å²) in [5.74, 6) is 20.0. The lowest BCUT2D eigenvalue weighted by Gasteiger charge is -2.57. The first kappa shape index (κ1) is 108. The van der Waals surface area contributed by atoms with Gasteiger partial charge in [-0.05, 0) is 477 Å². The molecule has 0 amide bonds. The fourth-order valence-corrected chi connectivity index (χ4v) is 42.3. The number of fused-ring (bicyclic) bond motifs is 25. The highest BCUT2D eigenvalue weighted by Crippen LogP contribution is 2.73. The molecule has 20 fully saturated rings. The van der Waals surface area contributed by atoms with Crippen LogP contribution in [0.4, 0.5) is 22.0 Å². The molecule has 0 radical (unpaired) electrons. The molecule has 25 rings (SSSR count). The van der Waals surface area contributed by atoms with Gasteiger partial charge in [0.25, 0.3) is 6.43 Å². The highest BCUT2D eigenvalue weighted by atomic mass is 32.1. The number of hydrogen-bond acceptors (Lipinski definition) is 21. The van der Waals surface area contributed by atoms with Gasteiger partial charge in [0, 0.05) is 48.3 Å². The molecule has 0 unspecified atom stereocenters. The molecule has 5 N–H and O–H groups in total. The number of aromatic nitrogens is 5. The van der Waals surface area contributed by atoms with Crippen LogP contribution in [0.15, 0.2) is 79.1 Å². The van der Waals surface area contributed by atoms with Crippen molar-refractivity contribution in [3.63, 3.8) is 0 Å². The minimum Gasteiger partial charge on any atom is -0.449 e. The highest BCUT2D eigenvalue weighted by molar-refractivity contribution is 7.09. The molecule has 20 saturated carbocycles. The second-order valence-corrected chi connectivity index (χ2v) is 55.8. The summed E-state index contributed by atoms with van der Waals surface area (Å²) in [6.07, 6.45) is 54.5. The van der Waals surface area contributed by atoms with E-state index in [1.165, 1.54) is 115 Å². The van der Waals surface area contributed by atoms with E-state index in [0.717, 1.165) is 224 Å². The number of hydrogen-bond donors (Lipinski definition) is 5. The Hall–Kier alpha value is -5.77. The third-order valence-electron chi connectivity index (χ3n) is 48.5.